The number of para-hydroxylation sites is 4. The zero-order chi connectivity index (χ0) is 33.2. The highest BCUT2D eigenvalue weighted by Gasteiger charge is 2.64. The minimum absolute atomic E-state index is 0.171. The molecule has 1 unspecified atom stereocenters. The quantitative estimate of drug-likeness (QED) is 0.138. The van der Waals surface area contributed by atoms with Crippen LogP contribution in [-0.4, -0.2) is 38.1 Å². The van der Waals surface area contributed by atoms with E-state index < -0.39 is 21.5 Å². The zero-order valence-electron chi connectivity index (χ0n) is 26.6. The Hall–Kier alpha value is -4.79. The molecule has 0 spiro atoms. The van der Waals surface area contributed by atoms with Crippen LogP contribution >= 0.6 is 0 Å². The number of unbranched alkanes of at least 4 members (excludes halogenated alkanes) is 1. The van der Waals surface area contributed by atoms with Gasteiger partial charge in [0, 0.05) is 17.2 Å². The van der Waals surface area contributed by atoms with Crippen molar-refractivity contribution in [3.63, 3.8) is 0 Å². The van der Waals surface area contributed by atoms with E-state index in [2.05, 4.69) is 85.6 Å². The van der Waals surface area contributed by atoms with E-state index in [0.29, 0.717) is 23.2 Å². The lowest BCUT2D eigenvalue weighted by Gasteiger charge is -2.17. The summed E-state index contributed by atoms with van der Waals surface area (Å²) < 4.78 is 44.1. The maximum Gasteiger partial charge on any atom is 0.346 e. The zero-order valence-corrected chi connectivity index (χ0v) is 27.4. The Bertz CT molecular complexity index is 2430. The third-order valence-corrected chi connectivity index (χ3v) is 10.4. The number of benzene rings is 4. The normalized spacial score (nSPS) is 15.8. The predicted octanol–water partition coefficient (Wildman–Crippen LogP) is 4.15. The largest absolute Gasteiger partial charge is 0.748 e. The first kappa shape index (κ1) is 30.5. The molecule has 6 aromatic rings. The van der Waals surface area contributed by atoms with Gasteiger partial charge in [0.15, 0.2) is 22.1 Å². The molecule has 8 rings (SSSR count). The lowest BCUT2D eigenvalue weighted by Crippen LogP contribution is -2.40. The number of aromatic nitrogens is 4. The number of aliphatic hydroxyl groups excluding tert-OH is 2. The molecule has 242 valence electrons. The van der Waals surface area contributed by atoms with Crippen molar-refractivity contribution in [2.24, 2.45) is 0 Å². The molecule has 9 nitrogen and oxygen atoms in total. The van der Waals surface area contributed by atoms with E-state index in [-0.39, 0.29) is 19.6 Å². The molecule has 4 aromatic carbocycles. The molecule has 0 radical (unpaired) electrons. The molecule has 0 amide bonds. The molecule has 48 heavy (non-hydrogen) atoms. The van der Waals surface area contributed by atoms with Crippen molar-refractivity contribution in [1.29, 1.82) is 0 Å². The Morgan fingerprint density at radius 1 is 0.771 bits per heavy atom. The first-order chi connectivity index (χ1) is 23.3. The molecule has 0 fully saturated rings. The summed E-state index contributed by atoms with van der Waals surface area (Å²) in [4.78, 5) is 0. The highest BCUT2D eigenvalue weighted by atomic mass is 32.2. The molecule has 2 aliphatic heterocycles. The van der Waals surface area contributed by atoms with Gasteiger partial charge < -0.3 is 14.8 Å². The summed E-state index contributed by atoms with van der Waals surface area (Å²) in [6.45, 7) is 3.03. The minimum Gasteiger partial charge on any atom is -0.748 e. The van der Waals surface area contributed by atoms with Crippen LogP contribution in [0.3, 0.4) is 0 Å². The van der Waals surface area contributed by atoms with Crippen LogP contribution < -0.4 is 9.13 Å². The third kappa shape index (κ3) is 4.46. The molecule has 2 aromatic heterocycles. The van der Waals surface area contributed by atoms with Crippen molar-refractivity contribution in [3.8, 4) is 34.6 Å². The maximum atomic E-state index is 11.6. The van der Waals surface area contributed by atoms with Crippen LogP contribution in [0.2, 0.25) is 0 Å². The monoisotopic (exact) mass is 659 g/mol. The average molecular weight is 660 g/mol. The molecule has 0 saturated carbocycles. The standard InChI is InChI=1S/C38H35N4O5S/c1-2-3-18-39-31-12-4-6-14-33(31)41-36(39)29-10-8-11-30-35(29)38(41,17-16-26-21-27(24-43)23-28(22-26)25-44)42-34-15-7-5-13-32(34)40(37(30)42)19-9-20-48(45,46)47/h4-8,10-15,21-23,43-44H,2-3,9,18-20,24-25H2,1H3/q+1. The van der Waals surface area contributed by atoms with Gasteiger partial charge in [-0.1, -0.05) is 55.7 Å². The summed E-state index contributed by atoms with van der Waals surface area (Å²) in [5, 5.41) is 20.0. The molecule has 1 atom stereocenters. The molecule has 10 heteroatoms. The summed E-state index contributed by atoms with van der Waals surface area (Å²) in [6.07, 6.45) is 2.24. The van der Waals surface area contributed by atoms with Crippen molar-refractivity contribution in [1.82, 2.24) is 9.13 Å². The Labute approximate surface area is 278 Å². The van der Waals surface area contributed by atoms with Crippen molar-refractivity contribution < 1.29 is 32.3 Å². The van der Waals surface area contributed by atoms with Gasteiger partial charge in [0.05, 0.1) is 53.1 Å². The van der Waals surface area contributed by atoms with Crippen molar-refractivity contribution in [2.75, 3.05) is 5.75 Å². The Balaban J connectivity index is 1.50. The van der Waals surface area contributed by atoms with E-state index in [1.807, 2.05) is 30.3 Å². The molecule has 2 N–H and O–H groups in total. The molecule has 4 heterocycles. The smallest absolute Gasteiger partial charge is 0.346 e. The second-order valence-electron chi connectivity index (χ2n) is 12.6. The highest BCUT2D eigenvalue weighted by molar-refractivity contribution is 7.85. The number of imidazole rings is 2. The first-order valence-corrected chi connectivity index (χ1v) is 17.9. The first-order valence-electron chi connectivity index (χ1n) is 16.3. The van der Waals surface area contributed by atoms with Gasteiger partial charge in [-0.25, -0.2) is 17.6 Å². The van der Waals surface area contributed by atoms with E-state index >= 15 is 0 Å². The Morgan fingerprint density at radius 3 is 1.83 bits per heavy atom. The summed E-state index contributed by atoms with van der Waals surface area (Å²) >= 11 is 0. The van der Waals surface area contributed by atoms with Gasteiger partial charge in [-0.2, -0.15) is 9.13 Å². The van der Waals surface area contributed by atoms with E-state index in [1.54, 1.807) is 6.07 Å². The summed E-state index contributed by atoms with van der Waals surface area (Å²) in [6, 6.07) is 28.3. The van der Waals surface area contributed by atoms with Crippen LogP contribution in [0.1, 0.15) is 48.4 Å². The van der Waals surface area contributed by atoms with Gasteiger partial charge >= 0.3 is 5.66 Å². The molecule has 0 saturated heterocycles. The SMILES string of the molecule is CCCC[n+]1c2n(c3ccccc31)C1(C#Cc3cc(CO)cc(CO)c3)c3c-2cccc3-c2n1c1ccccc1[n+]2CCCS(=O)(=O)[O-]. The number of hydrogen-bond acceptors (Lipinski definition) is 5. The lowest BCUT2D eigenvalue weighted by atomic mass is 9.94. The van der Waals surface area contributed by atoms with E-state index in [9.17, 15) is 23.2 Å². The topological polar surface area (TPSA) is 115 Å². The van der Waals surface area contributed by atoms with E-state index in [0.717, 1.165) is 69.8 Å². The molecular weight excluding hydrogens is 625 g/mol. The average Bonchev–Trinajstić information content (AvgIpc) is 3.78. The number of rotatable bonds is 9. The summed E-state index contributed by atoms with van der Waals surface area (Å²) in [5.41, 5.74) is 8.12. The van der Waals surface area contributed by atoms with Crippen molar-refractivity contribution in [3.05, 3.63) is 107 Å². The third-order valence-electron chi connectivity index (χ3n) is 9.61. The van der Waals surface area contributed by atoms with Gasteiger partial charge in [0.25, 0.3) is 11.6 Å². The summed E-state index contributed by atoms with van der Waals surface area (Å²) in [5.74, 6) is 8.78. The van der Waals surface area contributed by atoms with Crippen LogP contribution in [0.5, 0.6) is 0 Å². The Morgan fingerprint density at radius 2 is 1.31 bits per heavy atom. The Kier molecular flexibility index (Phi) is 7.27. The van der Waals surface area contributed by atoms with Crippen molar-refractivity contribution in [2.45, 2.75) is 58.2 Å². The van der Waals surface area contributed by atoms with Crippen molar-refractivity contribution >= 4 is 32.2 Å². The molecular formula is C38H35N4O5S+. The molecule has 0 aliphatic carbocycles. The van der Waals surface area contributed by atoms with Gasteiger partial charge in [-0.15, -0.1) is 0 Å². The van der Waals surface area contributed by atoms with Crippen LogP contribution in [0.25, 0.3) is 44.8 Å². The second kappa shape index (κ2) is 11.4. The fraction of sp³-hybridized carbons (Fsp3) is 0.263. The van der Waals surface area contributed by atoms with E-state index in [1.165, 1.54) is 0 Å². The van der Waals surface area contributed by atoms with Gasteiger partial charge in [0.2, 0.25) is 0 Å². The minimum atomic E-state index is -4.38. The van der Waals surface area contributed by atoms with Crippen LogP contribution in [0.15, 0.2) is 84.9 Å². The van der Waals surface area contributed by atoms with Gasteiger partial charge in [0.1, 0.15) is 0 Å². The molecule has 0 bridgehead atoms. The number of aryl methyl sites for hydroxylation is 2. The van der Waals surface area contributed by atoms with Crippen LogP contribution in [0.4, 0.5) is 0 Å². The lowest BCUT2D eigenvalue weighted by molar-refractivity contribution is -0.661. The van der Waals surface area contributed by atoms with Crippen LogP contribution in [0, 0.1) is 11.8 Å². The fourth-order valence-electron chi connectivity index (χ4n) is 7.79. The highest BCUT2D eigenvalue weighted by Crippen LogP contribution is 2.55. The second-order valence-corrected chi connectivity index (χ2v) is 14.1. The number of hydrogen-bond donors (Lipinski definition) is 2. The summed E-state index contributed by atoms with van der Waals surface area (Å²) in [7, 11) is -4.38. The van der Waals surface area contributed by atoms with E-state index in [4.69, 9.17) is 0 Å². The molecule has 2 aliphatic rings. The fourth-order valence-corrected chi connectivity index (χ4v) is 8.27. The van der Waals surface area contributed by atoms with Gasteiger partial charge in [-0.05, 0) is 72.5 Å². The number of fused-ring (bicyclic) bond motifs is 10. The van der Waals surface area contributed by atoms with Crippen LogP contribution in [-0.2, 0) is 42.1 Å². The van der Waals surface area contributed by atoms with Gasteiger partial charge in [-0.3, -0.25) is 0 Å². The number of aliphatic hydroxyl groups is 2. The predicted molar refractivity (Wildman–Crippen MR) is 180 cm³/mol. The maximum absolute atomic E-state index is 11.6. The number of nitrogens with zero attached hydrogens (tertiary/aromatic N) is 4.